The van der Waals surface area contributed by atoms with E-state index in [9.17, 15) is 4.79 Å². The minimum Gasteiger partial charge on any atom is -0.297 e. The average Bonchev–Trinajstić information content (AvgIpc) is 2.64. The lowest BCUT2D eigenvalue weighted by Crippen LogP contribution is -2.20. The number of carbonyl (C=O) groups is 1. The van der Waals surface area contributed by atoms with Crippen LogP contribution in [-0.4, -0.2) is 29.3 Å². The van der Waals surface area contributed by atoms with Crippen LogP contribution in [0.15, 0.2) is 18.2 Å². The van der Waals surface area contributed by atoms with E-state index in [2.05, 4.69) is 16.8 Å². The molecule has 1 aliphatic rings. The highest BCUT2D eigenvalue weighted by Crippen LogP contribution is 2.16. The third-order valence-corrected chi connectivity index (χ3v) is 2.84. The number of nitrogens with zero attached hydrogens (tertiary/aromatic N) is 2. The van der Waals surface area contributed by atoms with Crippen molar-refractivity contribution in [2.45, 2.75) is 19.9 Å². The summed E-state index contributed by atoms with van der Waals surface area (Å²) in [5, 5.41) is 0. The van der Waals surface area contributed by atoms with Crippen molar-refractivity contribution < 1.29 is 4.79 Å². The van der Waals surface area contributed by atoms with E-state index in [1.165, 1.54) is 6.42 Å². The van der Waals surface area contributed by atoms with Crippen LogP contribution < -0.4 is 0 Å². The van der Waals surface area contributed by atoms with E-state index in [0.29, 0.717) is 5.69 Å². The molecule has 0 unspecified atom stereocenters. The Balaban J connectivity index is 2.01. The van der Waals surface area contributed by atoms with Crippen LogP contribution in [0.4, 0.5) is 0 Å². The molecule has 2 rings (SSSR count). The summed E-state index contributed by atoms with van der Waals surface area (Å²) in [6.45, 7) is 5.43. The van der Waals surface area contributed by atoms with Gasteiger partial charge in [-0.3, -0.25) is 9.69 Å². The maximum Gasteiger partial charge on any atom is 0.168 e. The van der Waals surface area contributed by atoms with Gasteiger partial charge in [0.05, 0.1) is 5.69 Å². The van der Waals surface area contributed by atoms with Gasteiger partial charge in [0.1, 0.15) is 5.69 Å². The molecule has 80 valence electrons. The van der Waals surface area contributed by atoms with Crippen molar-refractivity contribution in [2.24, 2.45) is 5.92 Å². The standard InChI is InChI=1S/C12H16N2O/c1-10-5-6-14(7-10)8-11-3-2-4-12(9-15)13-11/h2-4,9-10H,5-8H2,1H3/t10-/m0/s1. The molecular weight excluding hydrogens is 188 g/mol. The van der Waals surface area contributed by atoms with Crippen LogP contribution in [0.2, 0.25) is 0 Å². The Hall–Kier alpha value is -1.22. The average molecular weight is 204 g/mol. The van der Waals surface area contributed by atoms with E-state index in [1.54, 1.807) is 6.07 Å². The van der Waals surface area contributed by atoms with Gasteiger partial charge in [0.2, 0.25) is 0 Å². The number of carbonyl (C=O) groups excluding carboxylic acids is 1. The molecule has 0 aliphatic carbocycles. The van der Waals surface area contributed by atoms with Crippen molar-refractivity contribution in [1.29, 1.82) is 0 Å². The lowest BCUT2D eigenvalue weighted by atomic mass is 10.2. The first-order valence-electron chi connectivity index (χ1n) is 5.41. The summed E-state index contributed by atoms with van der Waals surface area (Å²) in [7, 11) is 0. The van der Waals surface area contributed by atoms with Crippen LogP contribution in [0.25, 0.3) is 0 Å². The predicted molar refractivity (Wildman–Crippen MR) is 58.7 cm³/mol. The molecule has 0 radical (unpaired) electrons. The molecule has 0 N–H and O–H groups in total. The second-order valence-electron chi connectivity index (χ2n) is 4.30. The number of pyridine rings is 1. The normalized spacial score (nSPS) is 21.8. The second-order valence-corrected chi connectivity index (χ2v) is 4.30. The van der Waals surface area contributed by atoms with Gasteiger partial charge in [0.15, 0.2) is 6.29 Å². The molecule has 0 aromatic carbocycles. The van der Waals surface area contributed by atoms with Gasteiger partial charge < -0.3 is 0 Å². The fourth-order valence-electron chi connectivity index (χ4n) is 2.05. The van der Waals surface area contributed by atoms with Crippen molar-refractivity contribution >= 4 is 6.29 Å². The molecule has 3 nitrogen and oxygen atoms in total. The summed E-state index contributed by atoms with van der Waals surface area (Å²) in [5.41, 5.74) is 1.52. The molecule has 1 aliphatic heterocycles. The van der Waals surface area contributed by atoms with Gasteiger partial charge in [-0.15, -0.1) is 0 Å². The first-order valence-corrected chi connectivity index (χ1v) is 5.41. The summed E-state index contributed by atoms with van der Waals surface area (Å²) in [4.78, 5) is 17.2. The number of aromatic nitrogens is 1. The minimum atomic E-state index is 0.528. The van der Waals surface area contributed by atoms with E-state index in [1.807, 2.05) is 12.1 Å². The minimum absolute atomic E-state index is 0.528. The van der Waals surface area contributed by atoms with E-state index >= 15 is 0 Å². The summed E-state index contributed by atoms with van der Waals surface area (Å²) < 4.78 is 0. The molecule has 0 amide bonds. The fourth-order valence-corrected chi connectivity index (χ4v) is 2.05. The van der Waals surface area contributed by atoms with Gasteiger partial charge in [-0.25, -0.2) is 4.98 Å². The van der Waals surface area contributed by atoms with Crippen LogP contribution in [0.5, 0.6) is 0 Å². The summed E-state index contributed by atoms with van der Waals surface area (Å²) >= 11 is 0. The van der Waals surface area contributed by atoms with Gasteiger partial charge in [0, 0.05) is 13.1 Å². The Morgan fingerprint density at radius 1 is 1.60 bits per heavy atom. The molecule has 0 bridgehead atoms. The number of rotatable bonds is 3. The van der Waals surface area contributed by atoms with E-state index in [4.69, 9.17) is 0 Å². The molecule has 1 saturated heterocycles. The van der Waals surface area contributed by atoms with Crippen LogP contribution in [0.3, 0.4) is 0 Å². The third kappa shape index (κ3) is 2.63. The van der Waals surface area contributed by atoms with Gasteiger partial charge >= 0.3 is 0 Å². The predicted octanol–water partition coefficient (Wildman–Crippen LogP) is 1.74. The Bertz CT molecular complexity index is 351. The molecule has 0 spiro atoms. The van der Waals surface area contributed by atoms with Gasteiger partial charge in [-0.1, -0.05) is 13.0 Å². The van der Waals surface area contributed by atoms with Crippen molar-refractivity contribution in [3.05, 3.63) is 29.6 Å². The molecule has 1 aromatic rings. The lowest BCUT2D eigenvalue weighted by molar-refractivity contribution is 0.111. The maximum absolute atomic E-state index is 10.6. The van der Waals surface area contributed by atoms with Crippen LogP contribution in [0, 0.1) is 5.92 Å². The molecule has 1 atom stereocenters. The molecular formula is C12H16N2O. The summed E-state index contributed by atoms with van der Waals surface area (Å²) in [5.74, 6) is 0.791. The number of aldehydes is 1. The molecule has 0 saturated carbocycles. The van der Waals surface area contributed by atoms with Crippen LogP contribution in [-0.2, 0) is 6.54 Å². The van der Waals surface area contributed by atoms with Crippen LogP contribution >= 0.6 is 0 Å². The molecule has 15 heavy (non-hydrogen) atoms. The first-order chi connectivity index (χ1) is 7.28. The lowest BCUT2D eigenvalue weighted by Gasteiger charge is -2.14. The Morgan fingerprint density at radius 3 is 3.13 bits per heavy atom. The van der Waals surface area contributed by atoms with Crippen molar-refractivity contribution in [3.63, 3.8) is 0 Å². The van der Waals surface area contributed by atoms with E-state index in [-0.39, 0.29) is 0 Å². The summed E-state index contributed by atoms with van der Waals surface area (Å²) in [6.07, 6.45) is 2.07. The quantitative estimate of drug-likeness (QED) is 0.703. The Morgan fingerprint density at radius 2 is 2.47 bits per heavy atom. The van der Waals surface area contributed by atoms with Crippen LogP contribution in [0.1, 0.15) is 29.5 Å². The summed E-state index contributed by atoms with van der Waals surface area (Å²) in [6, 6.07) is 5.62. The monoisotopic (exact) mass is 204 g/mol. The topological polar surface area (TPSA) is 33.2 Å². The van der Waals surface area contributed by atoms with Crippen molar-refractivity contribution in [1.82, 2.24) is 9.88 Å². The SMILES string of the molecule is C[C@H]1CCN(Cc2cccc(C=O)n2)C1. The first kappa shape index (κ1) is 10.3. The number of likely N-dealkylation sites (tertiary alicyclic amines) is 1. The molecule has 1 fully saturated rings. The van der Waals surface area contributed by atoms with Gasteiger partial charge in [0.25, 0.3) is 0 Å². The Kier molecular flexibility index (Phi) is 3.11. The molecule has 1 aromatic heterocycles. The fraction of sp³-hybridized carbons (Fsp3) is 0.500. The maximum atomic E-state index is 10.6. The highest BCUT2D eigenvalue weighted by Gasteiger charge is 2.18. The number of hydrogen-bond acceptors (Lipinski definition) is 3. The zero-order valence-corrected chi connectivity index (χ0v) is 9.02. The second kappa shape index (κ2) is 4.53. The largest absolute Gasteiger partial charge is 0.297 e. The third-order valence-electron chi connectivity index (χ3n) is 2.84. The van der Waals surface area contributed by atoms with Crippen molar-refractivity contribution in [3.8, 4) is 0 Å². The molecule has 2 heterocycles. The number of hydrogen-bond donors (Lipinski definition) is 0. The van der Waals surface area contributed by atoms with Gasteiger partial charge in [-0.05, 0) is 31.0 Å². The van der Waals surface area contributed by atoms with Gasteiger partial charge in [-0.2, -0.15) is 0 Å². The van der Waals surface area contributed by atoms with E-state index in [0.717, 1.165) is 37.5 Å². The Labute approximate surface area is 90.1 Å². The smallest absolute Gasteiger partial charge is 0.168 e. The molecule has 3 heteroatoms. The van der Waals surface area contributed by atoms with Crippen molar-refractivity contribution in [2.75, 3.05) is 13.1 Å². The van der Waals surface area contributed by atoms with E-state index < -0.39 is 0 Å². The zero-order chi connectivity index (χ0) is 10.7. The highest BCUT2D eigenvalue weighted by molar-refractivity contribution is 5.71. The highest BCUT2D eigenvalue weighted by atomic mass is 16.1. The zero-order valence-electron chi connectivity index (χ0n) is 9.02.